The van der Waals surface area contributed by atoms with Gasteiger partial charge in [-0.3, -0.25) is 4.79 Å². The summed E-state index contributed by atoms with van der Waals surface area (Å²) in [6.45, 7) is 2.28. The number of amides is 2. The molecule has 0 saturated carbocycles. The van der Waals surface area contributed by atoms with Gasteiger partial charge < -0.3 is 9.47 Å². The fourth-order valence-corrected chi connectivity index (χ4v) is 3.20. The summed E-state index contributed by atoms with van der Waals surface area (Å²) in [5, 5.41) is 0. The number of aryl methyl sites for hydroxylation is 2. The van der Waals surface area contributed by atoms with Crippen molar-refractivity contribution >= 4 is 12.0 Å². The number of ether oxygens (including phenoxy) is 2. The first-order valence-electron chi connectivity index (χ1n) is 10.1. The van der Waals surface area contributed by atoms with E-state index in [-0.39, 0.29) is 25.0 Å². The minimum atomic E-state index is -0.582. The van der Waals surface area contributed by atoms with Gasteiger partial charge in [0.25, 0.3) is 0 Å². The van der Waals surface area contributed by atoms with E-state index in [1.54, 1.807) is 19.4 Å². The highest BCUT2D eigenvalue weighted by Gasteiger charge is 2.38. The van der Waals surface area contributed by atoms with E-state index in [0.717, 1.165) is 11.1 Å². The SMILES string of the molecule is COc1ccc(CCC(=O)N2C(=O)OCC2c2ccccc2)cn1.Cc1ccccc1. The molecule has 3 aromatic rings. The van der Waals surface area contributed by atoms with Crippen molar-refractivity contribution in [1.29, 1.82) is 0 Å². The zero-order valence-corrected chi connectivity index (χ0v) is 17.7. The molecule has 6 nitrogen and oxygen atoms in total. The molecular weight excluding hydrogens is 392 g/mol. The summed E-state index contributed by atoms with van der Waals surface area (Å²) in [6, 6.07) is 22.9. The van der Waals surface area contributed by atoms with Gasteiger partial charge in [-0.2, -0.15) is 0 Å². The molecule has 2 aromatic carbocycles. The second-order valence-electron chi connectivity index (χ2n) is 7.13. The third kappa shape index (κ3) is 6.15. The number of carbonyl (C=O) groups is 2. The summed E-state index contributed by atoms with van der Waals surface area (Å²) in [5.41, 5.74) is 3.12. The van der Waals surface area contributed by atoms with E-state index in [2.05, 4.69) is 24.0 Å². The predicted octanol–water partition coefficient (Wildman–Crippen LogP) is 4.74. The van der Waals surface area contributed by atoms with Gasteiger partial charge in [0.05, 0.1) is 7.11 Å². The van der Waals surface area contributed by atoms with Crippen LogP contribution in [-0.4, -0.2) is 35.6 Å². The molecule has 1 aromatic heterocycles. The maximum absolute atomic E-state index is 12.5. The lowest BCUT2D eigenvalue weighted by atomic mass is 10.1. The molecule has 1 unspecified atom stereocenters. The minimum Gasteiger partial charge on any atom is -0.481 e. The van der Waals surface area contributed by atoms with Gasteiger partial charge in [0, 0.05) is 18.7 Å². The number of imide groups is 1. The first kappa shape index (κ1) is 22.0. The fraction of sp³-hybridized carbons (Fsp3) is 0.240. The lowest BCUT2D eigenvalue weighted by Gasteiger charge is -2.19. The summed E-state index contributed by atoms with van der Waals surface area (Å²) >= 11 is 0. The van der Waals surface area contributed by atoms with E-state index in [1.165, 1.54) is 10.5 Å². The van der Waals surface area contributed by atoms with Crippen molar-refractivity contribution in [2.75, 3.05) is 13.7 Å². The van der Waals surface area contributed by atoms with Gasteiger partial charge in [-0.25, -0.2) is 14.7 Å². The number of rotatable bonds is 5. The highest BCUT2D eigenvalue weighted by Crippen LogP contribution is 2.28. The number of nitrogens with zero attached hydrogens (tertiary/aromatic N) is 2. The molecule has 2 amide bonds. The molecule has 1 atom stereocenters. The van der Waals surface area contributed by atoms with Crippen LogP contribution >= 0.6 is 0 Å². The first-order chi connectivity index (χ1) is 15.1. The Morgan fingerprint density at radius 2 is 1.74 bits per heavy atom. The van der Waals surface area contributed by atoms with Crippen molar-refractivity contribution in [2.24, 2.45) is 0 Å². The number of pyridine rings is 1. The van der Waals surface area contributed by atoms with E-state index in [4.69, 9.17) is 9.47 Å². The van der Waals surface area contributed by atoms with Gasteiger partial charge in [-0.15, -0.1) is 0 Å². The Balaban J connectivity index is 0.000000330. The smallest absolute Gasteiger partial charge is 0.417 e. The summed E-state index contributed by atoms with van der Waals surface area (Å²) in [4.78, 5) is 29.8. The molecule has 6 heteroatoms. The normalized spacial score (nSPS) is 15.0. The molecule has 1 aliphatic rings. The molecule has 1 saturated heterocycles. The Labute approximate surface area is 182 Å². The summed E-state index contributed by atoms with van der Waals surface area (Å²) in [5.74, 6) is 0.277. The Morgan fingerprint density at radius 3 is 2.29 bits per heavy atom. The number of aromatic nitrogens is 1. The van der Waals surface area contributed by atoms with Crippen LogP contribution in [0.4, 0.5) is 4.79 Å². The molecular formula is C25H26N2O4. The maximum Gasteiger partial charge on any atom is 0.417 e. The molecule has 0 aliphatic carbocycles. The number of cyclic esters (lactones) is 1. The topological polar surface area (TPSA) is 68.7 Å². The number of benzene rings is 2. The van der Waals surface area contributed by atoms with Crippen molar-refractivity contribution in [3.05, 3.63) is 95.7 Å². The van der Waals surface area contributed by atoms with Crippen LogP contribution in [0.15, 0.2) is 79.0 Å². The van der Waals surface area contributed by atoms with Crippen molar-refractivity contribution in [3.63, 3.8) is 0 Å². The third-order valence-electron chi connectivity index (χ3n) is 4.90. The largest absolute Gasteiger partial charge is 0.481 e. The number of hydrogen-bond acceptors (Lipinski definition) is 5. The average Bonchev–Trinajstić information content (AvgIpc) is 3.21. The van der Waals surface area contributed by atoms with E-state index >= 15 is 0 Å². The highest BCUT2D eigenvalue weighted by atomic mass is 16.6. The number of methoxy groups -OCH3 is 1. The van der Waals surface area contributed by atoms with Crippen LogP contribution in [0.2, 0.25) is 0 Å². The van der Waals surface area contributed by atoms with E-state index in [0.29, 0.717) is 12.3 Å². The Hall–Kier alpha value is -3.67. The molecule has 0 radical (unpaired) electrons. The Kier molecular flexibility index (Phi) is 7.76. The third-order valence-corrected chi connectivity index (χ3v) is 4.90. The maximum atomic E-state index is 12.5. The van der Waals surface area contributed by atoms with Crippen LogP contribution in [0, 0.1) is 6.92 Å². The Morgan fingerprint density at radius 1 is 1.06 bits per heavy atom. The van der Waals surface area contributed by atoms with E-state index < -0.39 is 6.09 Å². The zero-order chi connectivity index (χ0) is 22.1. The van der Waals surface area contributed by atoms with Gasteiger partial charge in [0.1, 0.15) is 12.6 Å². The first-order valence-corrected chi connectivity index (χ1v) is 10.1. The van der Waals surface area contributed by atoms with Gasteiger partial charge >= 0.3 is 6.09 Å². The predicted molar refractivity (Wildman–Crippen MR) is 118 cm³/mol. The molecule has 31 heavy (non-hydrogen) atoms. The van der Waals surface area contributed by atoms with Crippen LogP contribution in [0.3, 0.4) is 0 Å². The van der Waals surface area contributed by atoms with Crippen LogP contribution in [0.1, 0.15) is 29.2 Å². The molecule has 1 aliphatic heterocycles. The average molecular weight is 418 g/mol. The van der Waals surface area contributed by atoms with E-state index in [9.17, 15) is 9.59 Å². The summed E-state index contributed by atoms with van der Waals surface area (Å²) < 4.78 is 10.1. The second kappa shape index (κ2) is 10.9. The van der Waals surface area contributed by atoms with E-state index in [1.807, 2.05) is 54.6 Å². The standard InChI is InChI=1S/C18H18N2O4.C7H8/c1-23-16-9-7-13(11-19-16)8-10-17(21)20-15(12-24-18(20)22)14-5-3-2-4-6-14;1-7-5-3-2-4-6-7/h2-7,9,11,15H,8,10,12H2,1H3;2-6H,1H3. The molecule has 0 bridgehead atoms. The summed E-state index contributed by atoms with van der Waals surface area (Å²) in [6.07, 6.45) is 1.80. The van der Waals surface area contributed by atoms with Crippen LogP contribution in [0.5, 0.6) is 5.88 Å². The minimum absolute atomic E-state index is 0.193. The van der Waals surface area contributed by atoms with Crippen LogP contribution < -0.4 is 4.74 Å². The van der Waals surface area contributed by atoms with Gasteiger partial charge in [-0.1, -0.05) is 72.3 Å². The lowest BCUT2D eigenvalue weighted by Crippen LogP contribution is -2.34. The zero-order valence-electron chi connectivity index (χ0n) is 17.7. The van der Waals surface area contributed by atoms with Crippen molar-refractivity contribution < 1.29 is 19.1 Å². The second-order valence-corrected chi connectivity index (χ2v) is 7.13. The fourth-order valence-electron chi connectivity index (χ4n) is 3.20. The molecule has 160 valence electrons. The van der Waals surface area contributed by atoms with Crippen molar-refractivity contribution in [3.8, 4) is 5.88 Å². The van der Waals surface area contributed by atoms with Crippen LogP contribution in [0.25, 0.3) is 0 Å². The molecule has 1 fully saturated rings. The van der Waals surface area contributed by atoms with Crippen molar-refractivity contribution in [2.45, 2.75) is 25.8 Å². The monoisotopic (exact) mass is 418 g/mol. The van der Waals surface area contributed by atoms with Gasteiger partial charge in [0.15, 0.2) is 0 Å². The molecule has 0 spiro atoms. The van der Waals surface area contributed by atoms with Crippen molar-refractivity contribution in [1.82, 2.24) is 9.88 Å². The van der Waals surface area contributed by atoms with Gasteiger partial charge in [0.2, 0.25) is 11.8 Å². The van der Waals surface area contributed by atoms with Crippen LogP contribution in [-0.2, 0) is 16.0 Å². The summed E-state index contributed by atoms with van der Waals surface area (Å²) in [7, 11) is 1.55. The number of carbonyl (C=O) groups excluding carboxylic acids is 2. The quantitative estimate of drug-likeness (QED) is 0.599. The lowest BCUT2D eigenvalue weighted by molar-refractivity contribution is -0.129. The Bertz CT molecular complexity index is 975. The highest BCUT2D eigenvalue weighted by molar-refractivity contribution is 5.93. The molecule has 0 N–H and O–H groups in total. The molecule has 2 heterocycles. The van der Waals surface area contributed by atoms with Gasteiger partial charge in [-0.05, 0) is 24.5 Å². The molecule has 4 rings (SSSR count). The number of hydrogen-bond donors (Lipinski definition) is 0.